The molecule has 1 aliphatic heterocycles. The zero-order valence-electron chi connectivity index (χ0n) is 14.0. The van der Waals surface area contributed by atoms with Crippen molar-refractivity contribution in [2.45, 2.75) is 18.9 Å². The average molecular weight is 369 g/mol. The van der Waals surface area contributed by atoms with Crippen LogP contribution in [-0.4, -0.2) is 38.9 Å². The molecule has 26 heavy (non-hydrogen) atoms. The van der Waals surface area contributed by atoms with Crippen molar-refractivity contribution >= 4 is 28.4 Å². The Hall–Kier alpha value is -2.73. The Kier molecular flexibility index (Phi) is 4.42. The second-order valence-corrected chi connectivity index (χ2v) is 6.82. The molecule has 1 saturated heterocycles. The van der Waals surface area contributed by atoms with E-state index >= 15 is 0 Å². The zero-order chi connectivity index (χ0) is 18.1. The van der Waals surface area contributed by atoms with Crippen molar-refractivity contribution in [2.75, 3.05) is 13.1 Å². The number of nitrogens with zero attached hydrogens (tertiary/aromatic N) is 4. The van der Waals surface area contributed by atoms with Gasteiger partial charge < -0.3 is 4.90 Å². The first-order chi connectivity index (χ1) is 12.6. The zero-order valence-corrected chi connectivity index (χ0v) is 14.8. The first-order valence-electron chi connectivity index (χ1n) is 8.52. The van der Waals surface area contributed by atoms with E-state index < -0.39 is 0 Å². The van der Waals surface area contributed by atoms with Crippen LogP contribution in [0.5, 0.6) is 0 Å². The van der Waals surface area contributed by atoms with Crippen LogP contribution in [0, 0.1) is 0 Å². The molecule has 2 heterocycles. The van der Waals surface area contributed by atoms with Crippen LogP contribution in [0.3, 0.4) is 0 Å². The van der Waals surface area contributed by atoms with Gasteiger partial charge in [0.1, 0.15) is 5.52 Å². The number of likely N-dealkylation sites (tertiary alicyclic amines) is 1. The third-order valence-corrected chi connectivity index (χ3v) is 5.03. The number of aromatic nitrogens is 3. The summed E-state index contributed by atoms with van der Waals surface area (Å²) in [6.07, 6.45) is 1.35. The molecule has 2 aromatic carbocycles. The number of fused-ring (bicyclic) bond motifs is 1. The van der Waals surface area contributed by atoms with Crippen molar-refractivity contribution in [1.29, 1.82) is 0 Å². The fourth-order valence-corrected chi connectivity index (χ4v) is 3.46. The van der Waals surface area contributed by atoms with Crippen LogP contribution in [-0.2, 0) is 0 Å². The summed E-state index contributed by atoms with van der Waals surface area (Å²) < 4.78 is 1.46. The van der Waals surface area contributed by atoms with E-state index in [1.807, 2.05) is 12.1 Å². The molecular weight excluding hydrogens is 352 g/mol. The van der Waals surface area contributed by atoms with Crippen LogP contribution in [0.4, 0.5) is 0 Å². The molecule has 0 aliphatic carbocycles. The van der Waals surface area contributed by atoms with Gasteiger partial charge in [0.25, 0.3) is 11.5 Å². The number of hydrogen-bond acceptors (Lipinski definition) is 4. The van der Waals surface area contributed by atoms with Crippen molar-refractivity contribution in [3.63, 3.8) is 0 Å². The Balaban J connectivity index is 1.50. The maximum absolute atomic E-state index is 12.7. The molecule has 0 N–H and O–H groups in total. The molecule has 0 radical (unpaired) electrons. The lowest BCUT2D eigenvalue weighted by Gasteiger charge is -2.32. The van der Waals surface area contributed by atoms with Gasteiger partial charge in [-0.3, -0.25) is 9.59 Å². The molecule has 0 bridgehead atoms. The van der Waals surface area contributed by atoms with E-state index in [0.717, 1.165) is 0 Å². The molecule has 6 nitrogen and oxygen atoms in total. The maximum Gasteiger partial charge on any atom is 0.277 e. The summed E-state index contributed by atoms with van der Waals surface area (Å²) in [5.41, 5.74) is 1.10. The van der Waals surface area contributed by atoms with E-state index in [1.165, 1.54) is 4.68 Å². The summed E-state index contributed by atoms with van der Waals surface area (Å²) in [5.74, 6) is -0.0166. The van der Waals surface area contributed by atoms with Crippen molar-refractivity contribution in [1.82, 2.24) is 19.9 Å². The normalized spacial score (nSPS) is 15.3. The fraction of sp³-hybridized carbons (Fsp3) is 0.263. The first kappa shape index (κ1) is 16.7. The highest BCUT2D eigenvalue weighted by Gasteiger charge is 2.26. The van der Waals surface area contributed by atoms with E-state index in [1.54, 1.807) is 41.3 Å². The number of carbonyl (C=O) groups excluding carboxylic acids is 1. The summed E-state index contributed by atoms with van der Waals surface area (Å²) >= 11 is 5.88. The second kappa shape index (κ2) is 6.88. The van der Waals surface area contributed by atoms with Gasteiger partial charge in [-0.15, -0.1) is 5.10 Å². The number of rotatable bonds is 2. The number of benzene rings is 2. The highest BCUT2D eigenvalue weighted by Crippen LogP contribution is 2.22. The smallest absolute Gasteiger partial charge is 0.277 e. The van der Waals surface area contributed by atoms with Crippen LogP contribution in [0.1, 0.15) is 29.2 Å². The first-order valence-corrected chi connectivity index (χ1v) is 8.90. The summed E-state index contributed by atoms with van der Waals surface area (Å²) in [6.45, 7) is 1.15. The molecule has 132 valence electrons. The second-order valence-electron chi connectivity index (χ2n) is 6.39. The van der Waals surface area contributed by atoms with Gasteiger partial charge in [0.2, 0.25) is 0 Å². The highest BCUT2D eigenvalue weighted by atomic mass is 35.5. The standard InChI is InChI=1S/C19H17ClN4O2/c20-14-7-5-13(6-8-14)18(25)23-11-9-15(10-12-23)24-19(26)16-3-1-2-4-17(16)21-22-24/h1-8,15H,9-12H2. The number of piperidine rings is 1. The van der Waals surface area contributed by atoms with Crippen molar-refractivity contribution in [2.24, 2.45) is 0 Å². The molecule has 1 amide bonds. The van der Waals surface area contributed by atoms with Gasteiger partial charge in [-0.25, -0.2) is 4.68 Å². The van der Waals surface area contributed by atoms with E-state index in [4.69, 9.17) is 11.6 Å². The van der Waals surface area contributed by atoms with E-state index in [-0.39, 0.29) is 17.5 Å². The Morgan fingerprint density at radius 3 is 2.46 bits per heavy atom. The molecule has 1 fully saturated rings. The molecule has 0 unspecified atom stereocenters. The van der Waals surface area contributed by atoms with Crippen LogP contribution in [0.2, 0.25) is 5.02 Å². The third-order valence-electron chi connectivity index (χ3n) is 4.78. The number of hydrogen-bond donors (Lipinski definition) is 0. The minimum Gasteiger partial charge on any atom is -0.338 e. The molecule has 3 aromatic rings. The Morgan fingerprint density at radius 1 is 1.04 bits per heavy atom. The average Bonchev–Trinajstić information content (AvgIpc) is 2.69. The largest absolute Gasteiger partial charge is 0.338 e. The lowest BCUT2D eigenvalue weighted by atomic mass is 10.0. The minimum atomic E-state index is -0.127. The lowest BCUT2D eigenvalue weighted by Crippen LogP contribution is -2.41. The monoisotopic (exact) mass is 368 g/mol. The summed E-state index contributed by atoms with van der Waals surface area (Å²) in [4.78, 5) is 27.1. The van der Waals surface area contributed by atoms with Crippen molar-refractivity contribution < 1.29 is 4.79 Å². The summed E-state index contributed by atoms with van der Waals surface area (Å²) in [6, 6.07) is 14.0. The molecule has 0 spiro atoms. The molecule has 0 saturated carbocycles. The molecule has 7 heteroatoms. The molecule has 0 atom stereocenters. The topological polar surface area (TPSA) is 68.1 Å². The van der Waals surface area contributed by atoms with Gasteiger partial charge in [-0.05, 0) is 49.2 Å². The summed E-state index contributed by atoms with van der Waals surface area (Å²) in [5, 5.41) is 9.43. The Morgan fingerprint density at radius 2 is 1.73 bits per heavy atom. The fourth-order valence-electron chi connectivity index (χ4n) is 3.33. The van der Waals surface area contributed by atoms with Gasteiger partial charge in [0.15, 0.2) is 0 Å². The van der Waals surface area contributed by atoms with Crippen LogP contribution < -0.4 is 5.56 Å². The van der Waals surface area contributed by atoms with Gasteiger partial charge >= 0.3 is 0 Å². The van der Waals surface area contributed by atoms with Crippen molar-refractivity contribution in [3.05, 3.63) is 69.5 Å². The van der Waals surface area contributed by atoms with Gasteiger partial charge in [-0.2, -0.15) is 0 Å². The number of carbonyl (C=O) groups is 1. The number of amides is 1. The molecule has 1 aromatic heterocycles. The van der Waals surface area contributed by atoms with Crippen LogP contribution in [0.25, 0.3) is 10.9 Å². The highest BCUT2D eigenvalue weighted by molar-refractivity contribution is 6.30. The number of halogens is 1. The maximum atomic E-state index is 12.7. The Bertz CT molecular complexity index is 1010. The van der Waals surface area contributed by atoms with Gasteiger partial charge in [0.05, 0.1) is 11.4 Å². The molecular formula is C19H17ClN4O2. The molecule has 4 rings (SSSR count). The van der Waals surface area contributed by atoms with Gasteiger partial charge in [-0.1, -0.05) is 28.9 Å². The lowest BCUT2D eigenvalue weighted by molar-refractivity contribution is 0.0687. The van der Waals surface area contributed by atoms with Gasteiger partial charge in [0, 0.05) is 23.7 Å². The SMILES string of the molecule is O=C(c1ccc(Cl)cc1)N1CCC(n2nnc3ccccc3c2=O)CC1. The predicted octanol–water partition coefficient (Wildman–Crippen LogP) is 2.92. The summed E-state index contributed by atoms with van der Waals surface area (Å²) in [7, 11) is 0. The van der Waals surface area contributed by atoms with E-state index in [2.05, 4.69) is 10.3 Å². The minimum absolute atomic E-state index is 0.0166. The van der Waals surface area contributed by atoms with E-state index in [0.29, 0.717) is 47.4 Å². The quantitative estimate of drug-likeness (QED) is 0.697. The predicted molar refractivity (Wildman–Crippen MR) is 99.4 cm³/mol. The third kappa shape index (κ3) is 3.08. The molecule has 1 aliphatic rings. The van der Waals surface area contributed by atoms with Crippen LogP contribution in [0.15, 0.2) is 53.3 Å². The van der Waals surface area contributed by atoms with Crippen LogP contribution >= 0.6 is 11.6 Å². The van der Waals surface area contributed by atoms with E-state index in [9.17, 15) is 9.59 Å². The van der Waals surface area contributed by atoms with Crippen molar-refractivity contribution in [3.8, 4) is 0 Å². The Labute approximate surface area is 155 Å².